The molecule has 0 atom stereocenters. The second-order valence-electron chi connectivity index (χ2n) is 8.52. The van der Waals surface area contributed by atoms with E-state index in [4.69, 9.17) is 14.8 Å². The van der Waals surface area contributed by atoms with Crippen LogP contribution in [0.3, 0.4) is 0 Å². The van der Waals surface area contributed by atoms with Gasteiger partial charge in [-0.05, 0) is 50.8 Å². The minimum absolute atomic E-state index is 0.140. The van der Waals surface area contributed by atoms with E-state index in [0.29, 0.717) is 18.9 Å². The summed E-state index contributed by atoms with van der Waals surface area (Å²) in [6.45, 7) is 4.07. The number of para-hydroxylation sites is 1. The number of fused-ring (bicyclic) bond motifs is 1. The van der Waals surface area contributed by atoms with Gasteiger partial charge in [-0.2, -0.15) is 5.10 Å². The number of aryl methyl sites for hydroxylation is 2. The van der Waals surface area contributed by atoms with Gasteiger partial charge in [0.1, 0.15) is 5.75 Å². The Hall–Kier alpha value is -2.89. The molecule has 1 aliphatic carbocycles. The van der Waals surface area contributed by atoms with Crippen LogP contribution in [0.15, 0.2) is 30.3 Å². The Bertz CT molecular complexity index is 1060. The highest BCUT2D eigenvalue weighted by Gasteiger charge is 2.18. The van der Waals surface area contributed by atoms with Crippen LogP contribution in [0.2, 0.25) is 0 Å². The van der Waals surface area contributed by atoms with Crippen LogP contribution in [0.25, 0.3) is 16.9 Å². The quantitative estimate of drug-likeness (QED) is 0.582. The van der Waals surface area contributed by atoms with Crippen molar-refractivity contribution in [3.63, 3.8) is 0 Å². The van der Waals surface area contributed by atoms with Crippen LogP contribution in [0.1, 0.15) is 61.9 Å². The van der Waals surface area contributed by atoms with Gasteiger partial charge in [-0.3, -0.25) is 4.79 Å². The summed E-state index contributed by atoms with van der Waals surface area (Å²) in [5.41, 5.74) is 5.66. The molecule has 0 radical (unpaired) electrons. The first-order valence-electron chi connectivity index (χ1n) is 11.4. The van der Waals surface area contributed by atoms with Crippen molar-refractivity contribution in [3.8, 4) is 17.0 Å². The molecular weight excluding hydrogens is 388 g/mol. The maximum atomic E-state index is 12.6. The number of aromatic nitrogens is 3. The third-order valence-corrected chi connectivity index (χ3v) is 6.37. The fourth-order valence-corrected chi connectivity index (χ4v) is 4.64. The van der Waals surface area contributed by atoms with E-state index in [-0.39, 0.29) is 5.91 Å². The second-order valence-corrected chi connectivity index (χ2v) is 8.52. The summed E-state index contributed by atoms with van der Waals surface area (Å²) in [6, 6.07) is 10.2. The molecule has 6 heteroatoms. The number of rotatable bonds is 6. The number of hydrogen-bond donors (Lipinski definition) is 1. The molecule has 0 bridgehead atoms. The van der Waals surface area contributed by atoms with Gasteiger partial charge in [0.05, 0.1) is 12.8 Å². The Kier molecular flexibility index (Phi) is 6.54. The largest absolute Gasteiger partial charge is 0.496 e. The molecule has 3 aromatic rings. The highest BCUT2D eigenvalue weighted by molar-refractivity contribution is 5.76. The molecule has 164 valence electrons. The number of hydrogen-bond acceptors (Lipinski definition) is 4. The zero-order valence-corrected chi connectivity index (χ0v) is 18.8. The highest BCUT2D eigenvalue weighted by Crippen LogP contribution is 2.30. The van der Waals surface area contributed by atoms with Crippen LogP contribution >= 0.6 is 0 Å². The van der Waals surface area contributed by atoms with Crippen molar-refractivity contribution in [1.82, 2.24) is 19.9 Å². The molecule has 31 heavy (non-hydrogen) atoms. The Balaban J connectivity index is 1.52. The van der Waals surface area contributed by atoms with E-state index in [1.165, 1.54) is 25.7 Å². The summed E-state index contributed by atoms with van der Waals surface area (Å²) in [5.74, 6) is 0.927. The summed E-state index contributed by atoms with van der Waals surface area (Å²) < 4.78 is 7.38. The topological polar surface area (TPSA) is 68.5 Å². The lowest BCUT2D eigenvalue weighted by Crippen LogP contribution is -2.34. The third kappa shape index (κ3) is 4.73. The summed E-state index contributed by atoms with van der Waals surface area (Å²) >= 11 is 0. The van der Waals surface area contributed by atoms with Crippen molar-refractivity contribution in [2.24, 2.45) is 0 Å². The highest BCUT2D eigenvalue weighted by atomic mass is 16.5. The number of benzene rings is 1. The minimum atomic E-state index is 0.140. The second kappa shape index (κ2) is 9.50. The monoisotopic (exact) mass is 420 g/mol. The van der Waals surface area contributed by atoms with E-state index in [1.54, 1.807) is 7.11 Å². The van der Waals surface area contributed by atoms with Crippen molar-refractivity contribution in [3.05, 3.63) is 47.3 Å². The van der Waals surface area contributed by atoms with Crippen LogP contribution in [-0.4, -0.2) is 33.7 Å². The van der Waals surface area contributed by atoms with Crippen LogP contribution in [-0.2, 0) is 11.2 Å². The van der Waals surface area contributed by atoms with E-state index in [1.807, 2.05) is 41.8 Å². The van der Waals surface area contributed by atoms with Crippen molar-refractivity contribution in [2.45, 2.75) is 71.3 Å². The zero-order chi connectivity index (χ0) is 21.8. The first-order chi connectivity index (χ1) is 15.1. The molecule has 2 aromatic heterocycles. The molecule has 1 aliphatic rings. The number of methoxy groups -OCH3 is 1. The summed E-state index contributed by atoms with van der Waals surface area (Å²) in [4.78, 5) is 17.3. The van der Waals surface area contributed by atoms with Crippen molar-refractivity contribution < 1.29 is 9.53 Å². The van der Waals surface area contributed by atoms with E-state index in [0.717, 1.165) is 52.4 Å². The first-order valence-corrected chi connectivity index (χ1v) is 11.4. The standard InChI is InChI=1S/C25H32N4O2/c1-17-20(14-15-25(30)27-19-10-6-4-5-7-11-19)18(2)29-24(26-17)16-22(28-29)21-12-8-9-13-23(21)31-3/h8-9,12-13,16,19H,4-7,10-11,14-15H2,1-3H3,(H,27,30). The van der Waals surface area contributed by atoms with Crippen LogP contribution in [0.5, 0.6) is 5.75 Å². The van der Waals surface area contributed by atoms with Crippen molar-refractivity contribution in [1.29, 1.82) is 0 Å². The number of nitrogens with one attached hydrogen (secondary N) is 1. The van der Waals surface area contributed by atoms with Crippen LogP contribution < -0.4 is 10.1 Å². The normalized spacial score (nSPS) is 15.1. The molecule has 0 saturated heterocycles. The van der Waals surface area contributed by atoms with Gasteiger partial charge >= 0.3 is 0 Å². The van der Waals surface area contributed by atoms with E-state index < -0.39 is 0 Å². The fraction of sp³-hybridized carbons (Fsp3) is 0.480. The van der Waals surface area contributed by atoms with E-state index in [9.17, 15) is 4.79 Å². The molecule has 1 saturated carbocycles. The minimum Gasteiger partial charge on any atom is -0.496 e. The molecule has 1 N–H and O–H groups in total. The number of carbonyl (C=O) groups is 1. The zero-order valence-electron chi connectivity index (χ0n) is 18.8. The molecule has 0 spiro atoms. The van der Waals surface area contributed by atoms with Crippen LogP contribution in [0.4, 0.5) is 0 Å². The summed E-state index contributed by atoms with van der Waals surface area (Å²) in [5, 5.41) is 8.05. The lowest BCUT2D eigenvalue weighted by atomic mass is 10.1. The third-order valence-electron chi connectivity index (χ3n) is 6.37. The van der Waals surface area contributed by atoms with Gasteiger partial charge in [0.2, 0.25) is 5.91 Å². The number of nitrogens with zero attached hydrogens (tertiary/aromatic N) is 3. The Labute approximate surface area is 184 Å². The van der Waals surface area contributed by atoms with Gasteiger partial charge in [-0.1, -0.05) is 37.8 Å². The predicted octanol–water partition coefficient (Wildman–Crippen LogP) is 4.79. The average molecular weight is 421 g/mol. The van der Waals surface area contributed by atoms with Crippen molar-refractivity contribution in [2.75, 3.05) is 7.11 Å². The molecule has 2 heterocycles. The molecule has 1 fully saturated rings. The Morgan fingerprint density at radius 1 is 1.16 bits per heavy atom. The maximum absolute atomic E-state index is 12.6. The average Bonchev–Trinajstić information content (AvgIpc) is 3.02. The first kappa shape index (κ1) is 21.3. The molecule has 6 nitrogen and oxygen atoms in total. The van der Waals surface area contributed by atoms with E-state index in [2.05, 4.69) is 12.2 Å². The number of ether oxygens (including phenoxy) is 1. The van der Waals surface area contributed by atoms with Crippen molar-refractivity contribution >= 4 is 11.6 Å². The van der Waals surface area contributed by atoms with E-state index >= 15 is 0 Å². The molecular formula is C25H32N4O2. The van der Waals surface area contributed by atoms with Gasteiger partial charge in [0, 0.05) is 35.5 Å². The summed E-state index contributed by atoms with van der Waals surface area (Å²) in [7, 11) is 1.67. The summed E-state index contributed by atoms with van der Waals surface area (Å²) in [6.07, 6.45) is 8.38. The van der Waals surface area contributed by atoms with Crippen LogP contribution in [0, 0.1) is 13.8 Å². The smallest absolute Gasteiger partial charge is 0.220 e. The molecule has 4 rings (SSSR count). The number of carbonyl (C=O) groups excluding carboxylic acids is 1. The SMILES string of the molecule is COc1ccccc1-c1cc2nc(C)c(CCC(=O)NC3CCCCCC3)c(C)n2n1. The molecule has 0 aliphatic heterocycles. The lowest BCUT2D eigenvalue weighted by molar-refractivity contribution is -0.121. The van der Waals surface area contributed by atoms with Gasteiger partial charge in [-0.25, -0.2) is 9.50 Å². The Morgan fingerprint density at radius 2 is 1.90 bits per heavy atom. The lowest BCUT2D eigenvalue weighted by Gasteiger charge is -2.17. The molecule has 1 aromatic carbocycles. The van der Waals surface area contributed by atoms with Gasteiger partial charge < -0.3 is 10.1 Å². The Morgan fingerprint density at radius 3 is 2.65 bits per heavy atom. The number of amides is 1. The van der Waals surface area contributed by atoms with Gasteiger partial charge in [0.15, 0.2) is 5.65 Å². The predicted molar refractivity (Wildman–Crippen MR) is 122 cm³/mol. The van der Waals surface area contributed by atoms with Gasteiger partial charge in [-0.15, -0.1) is 0 Å². The fourth-order valence-electron chi connectivity index (χ4n) is 4.64. The molecule has 1 amide bonds. The van der Waals surface area contributed by atoms with Gasteiger partial charge in [0.25, 0.3) is 0 Å². The molecule has 0 unspecified atom stereocenters. The maximum Gasteiger partial charge on any atom is 0.220 e.